The molecule has 0 radical (unpaired) electrons. The van der Waals surface area contributed by atoms with Crippen LogP contribution in [0.4, 0.5) is 0 Å². The number of hydrogen-bond donors (Lipinski definition) is 0. The SMILES string of the molecule is CC1(C)O[C@H](CCCCc2ccccc2)[C@]2(C=CC(=O)C2)O1. The molecule has 118 valence electrons. The number of rotatable bonds is 5. The predicted octanol–water partition coefficient (Wildman–Crippen LogP) is 3.82. The van der Waals surface area contributed by atoms with Crippen LogP contribution in [0.2, 0.25) is 0 Å². The zero-order valence-corrected chi connectivity index (χ0v) is 13.4. The van der Waals surface area contributed by atoms with Crippen molar-refractivity contribution >= 4 is 5.78 Å². The standard InChI is InChI=1S/C19H24O3/c1-18(2)21-17(19(22-18)13-12-16(20)14-19)11-7-6-10-15-8-4-3-5-9-15/h3-5,8-9,12-13,17H,6-7,10-11,14H2,1-2H3/t17-,19-/m1/s1. The lowest BCUT2D eigenvalue weighted by Gasteiger charge is -2.26. The first-order valence-corrected chi connectivity index (χ1v) is 8.13. The van der Waals surface area contributed by atoms with E-state index in [1.807, 2.05) is 26.0 Å². The van der Waals surface area contributed by atoms with Crippen molar-refractivity contribution in [2.24, 2.45) is 0 Å². The van der Waals surface area contributed by atoms with Crippen LogP contribution in [0.1, 0.15) is 45.1 Å². The van der Waals surface area contributed by atoms with Crippen LogP contribution in [0, 0.1) is 0 Å². The molecule has 0 saturated carbocycles. The van der Waals surface area contributed by atoms with Crippen molar-refractivity contribution in [2.45, 2.75) is 63.4 Å². The van der Waals surface area contributed by atoms with Crippen LogP contribution >= 0.6 is 0 Å². The van der Waals surface area contributed by atoms with Crippen LogP contribution in [0.3, 0.4) is 0 Å². The minimum atomic E-state index is -0.612. The lowest BCUT2D eigenvalue weighted by atomic mass is 9.91. The van der Waals surface area contributed by atoms with Crippen LogP contribution in [-0.2, 0) is 20.7 Å². The maximum atomic E-state index is 11.7. The minimum absolute atomic E-state index is 0.0269. The Labute approximate surface area is 132 Å². The summed E-state index contributed by atoms with van der Waals surface area (Å²) in [6.45, 7) is 3.85. The molecule has 1 heterocycles. The molecule has 1 aromatic carbocycles. The highest BCUT2D eigenvalue weighted by molar-refractivity contribution is 5.93. The van der Waals surface area contributed by atoms with E-state index in [1.165, 1.54) is 5.56 Å². The summed E-state index contributed by atoms with van der Waals surface area (Å²) in [6.07, 6.45) is 8.14. The van der Waals surface area contributed by atoms with Gasteiger partial charge in [0.25, 0.3) is 0 Å². The highest BCUT2D eigenvalue weighted by Crippen LogP contribution is 2.44. The van der Waals surface area contributed by atoms with Crippen molar-refractivity contribution < 1.29 is 14.3 Å². The van der Waals surface area contributed by atoms with E-state index in [2.05, 4.69) is 24.3 Å². The van der Waals surface area contributed by atoms with E-state index in [0.717, 1.165) is 25.7 Å². The topological polar surface area (TPSA) is 35.5 Å². The normalized spacial score (nSPS) is 29.5. The second-order valence-corrected chi connectivity index (χ2v) is 6.77. The van der Waals surface area contributed by atoms with Gasteiger partial charge in [0.2, 0.25) is 0 Å². The zero-order chi connectivity index (χ0) is 15.6. The number of carbonyl (C=O) groups excluding carboxylic acids is 1. The number of ether oxygens (including phenoxy) is 2. The fourth-order valence-electron chi connectivity index (χ4n) is 3.51. The van der Waals surface area contributed by atoms with Gasteiger partial charge in [-0.15, -0.1) is 0 Å². The maximum absolute atomic E-state index is 11.7. The molecule has 1 fully saturated rings. The first-order valence-electron chi connectivity index (χ1n) is 8.13. The minimum Gasteiger partial charge on any atom is -0.344 e. The van der Waals surface area contributed by atoms with Gasteiger partial charge in [-0.25, -0.2) is 0 Å². The Bertz CT molecular complexity index is 561. The van der Waals surface area contributed by atoms with E-state index in [9.17, 15) is 4.79 Å². The van der Waals surface area contributed by atoms with Gasteiger partial charge in [-0.2, -0.15) is 0 Å². The van der Waals surface area contributed by atoms with Gasteiger partial charge in [0, 0.05) is 6.42 Å². The third kappa shape index (κ3) is 3.31. The van der Waals surface area contributed by atoms with Crippen molar-refractivity contribution in [3.05, 3.63) is 48.0 Å². The van der Waals surface area contributed by atoms with Gasteiger partial charge in [0.1, 0.15) is 5.60 Å². The Kier molecular flexibility index (Phi) is 4.20. The van der Waals surface area contributed by atoms with Crippen LogP contribution in [0.5, 0.6) is 0 Å². The molecule has 22 heavy (non-hydrogen) atoms. The number of allylic oxidation sites excluding steroid dienone is 1. The number of ketones is 1. The van der Waals surface area contributed by atoms with Crippen LogP contribution < -0.4 is 0 Å². The molecule has 3 nitrogen and oxygen atoms in total. The Balaban J connectivity index is 1.55. The number of hydrogen-bond acceptors (Lipinski definition) is 3. The second kappa shape index (κ2) is 5.98. The van der Waals surface area contributed by atoms with Crippen molar-refractivity contribution in [2.75, 3.05) is 0 Å². The molecule has 3 rings (SSSR count). The molecule has 0 N–H and O–H groups in total. The molecule has 0 unspecified atom stereocenters. The van der Waals surface area contributed by atoms with Crippen molar-refractivity contribution in [1.82, 2.24) is 0 Å². The molecule has 1 aliphatic carbocycles. The quantitative estimate of drug-likeness (QED) is 0.776. The first-order chi connectivity index (χ1) is 10.5. The van der Waals surface area contributed by atoms with Crippen molar-refractivity contribution in [1.29, 1.82) is 0 Å². The molecule has 2 aliphatic rings. The summed E-state index contributed by atoms with van der Waals surface area (Å²) in [4.78, 5) is 11.7. The molecular weight excluding hydrogens is 276 g/mol. The van der Waals surface area contributed by atoms with E-state index >= 15 is 0 Å². The third-order valence-electron chi connectivity index (χ3n) is 4.43. The molecule has 2 atom stereocenters. The molecule has 1 aliphatic heterocycles. The zero-order valence-electron chi connectivity index (χ0n) is 13.4. The molecule has 0 bridgehead atoms. The number of aryl methyl sites for hydroxylation is 1. The number of carbonyl (C=O) groups is 1. The molecule has 1 spiro atoms. The average molecular weight is 300 g/mol. The smallest absolute Gasteiger partial charge is 0.164 e. The van der Waals surface area contributed by atoms with E-state index in [4.69, 9.17) is 9.47 Å². The summed E-state index contributed by atoms with van der Waals surface area (Å²) in [5.41, 5.74) is 0.838. The van der Waals surface area contributed by atoms with Gasteiger partial charge < -0.3 is 9.47 Å². The number of benzene rings is 1. The van der Waals surface area contributed by atoms with Crippen molar-refractivity contribution in [3.63, 3.8) is 0 Å². The summed E-state index contributed by atoms with van der Waals surface area (Å²) in [5.74, 6) is -0.477. The molecule has 3 heteroatoms. The first kappa shape index (κ1) is 15.4. The van der Waals surface area contributed by atoms with Gasteiger partial charge in [0.15, 0.2) is 11.6 Å². The lowest BCUT2D eigenvalue weighted by molar-refractivity contribution is -0.156. The van der Waals surface area contributed by atoms with Gasteiger partial charge >= 0.3 is 0 Å². The Morgan fingerprint density at radius 1 is 1.18 bits per heavy atom. The molecule has 1 saturated heterocycles. The Morgan fingerprint density at radius 2 is 1.95 bits per heavy atom. The molecule has 1 aromatic rings. The fourth-order valence-corrected chi connectivity index (χ4v) is 3.51. The summed E-state index contributed by atoms with van der Waals surface area (Å²) in [7, 11) is 0. The monoisotopic (exact) mass is 300 g/mol. The second-order valence-electron chi connectivity index (χ2n) is 6.77. The summed E-state index contributed by atoms with van der Waals surface area (Å²) in [6, 6.07) is 10.5. The van der Waals surface area contributed by atoms with Gasteiger partial charge in [-0.1, -0.05) is 36.8 Å². The van der Waals surface area contributed by atoms with E-state index in [0.29, 0.717) is 6.42 Å². The van der Waals surface area contributed by atoms with Crippen LogP contribution in [0.15, 0.2) is 42.5 Å². The van der Waals surface area contributed by atoms with E-state index in [1.54, 1.807) is 6.08 Å². The highest BCUT2D eigenvalue weighted by Gasteiger charge is 2.53. The van der Waals surface area contributed by atoms with E-state index in [-0.39, 0.29) is 11.9 Å². The lowest BCUT2D eigenvalue weighted by Crippen LogP contribution is -2.37. The third-order valence-corrected chi connectivity index (χ3v) is 4.43. The highest BCUT2D eigenvalue weighted by atomic mass is 16.8. The van der Waals surface area contributed by atoms with Gasteiger partial charge in [-0.3, -0.25) is 4.79 Å². The average Bonchev–Trinajstić information content (AvgIpc) is 2.96. The summed E-state index contributed by atoms with van der Waals surface area (Å²) < 4.78 is 12.1. The largest absolute Gasteiger partial charge is 0.344 e. The Morgan fingerprint density at radius 3 is 2.64 bits per heavy atom. The molecular formula is C19H24O3. The van der Waals surface area contributed by atoms with Crippen molar-refractivity contribution in [3.8, 4) is 0 Å². The molecule has 0 amide bonds. The Hall–Kier alpha value is -1.45. The summed E-state index contributed by atoms with van der Waals surface area (Å²) in [5, 5.41) is 0. The number of unbranched alkanes of at least 4 members (excludes halogenated alkanes) is 1. The maximum Gasteiger partial charge on any atom is 0.164 e. The van der Waals surface area contributed by atoms with Crippen LogP contribution in [-0.4, -0.2) is 23.3 Å². The predicted molar refractivity (Wildman–Crippen MR) is 85.5 cm³/mol. The fraction of sp³-hybridized carbons (Fsp3) is 0.526. The van der Waals surface area contributed by atoms with Crippen LogP contribution in [0.25, 0.3) is 0 Å². The molecule has 0 aromatic heterocycles. The summed E-state index contributed by atoms with van der Waals surface area (Å²) >= 11 is 0. The van der Waals surface area contributed by atoms with Gasteiger partial charge in [-0.05, 0) is 50.8 Å². The van der Waals surface area contributed by atoms with Gasteiger partial charge in [0.05, 0.1) is 6.10 Å². The van der Waals surface area contributed by atoms with E-state index < -0.39 is 11.4 Å².